The SMILES string of the molecule is CCC1=CCC(C2CCCC3C4C=CC=CC4[CH-]C23)=C1CC.C[Si](C)=[Zr+2].[Cl-].[Cl-]. The van der Waals surface area contributed by atoms with Crippen molar-refractivity contribution in [1.29, 1.82) is 0 Å². The zero-order valence-corrected chi connectivity index (χ0v) is 22.8. The van der Waals surface area contributed by atoms with E-state index in [-0.39, 0.29) is 30.2 Å². The van der Waals surface area contributed by atoms with E-state index in [1.54, 1.807) is 34.5 Å². The third-order valence-corrected chi connectivity index (χ3v) is 6.70. The zero-order valence-electron chi connectivity index (χ0n) is 17.8. The molecule has 0 aliphatic heterocycles. The van der Waals surface area contributed by atoms with Crippen LogP contribution in [0.4, 0.5) is 0 Å². The van der Waals surface area contributed by atoms with E-state index in [4.69, 9.17) is 0 Å². The molecule has 5 atom stereocenters. The van der Waals surface area contributed by atoms with Crippen LogP contribution in [0.5, 0.6) is 0 Å². The van der Waals surface area contributed by atoms with E-state index < -0.39 is 0 Å². The second kappa shape index (κ2) is 12.5. The molecule has 0 aromatic carbocycles. The van der Waals surface area contributed by atoms with Gasteiger partial charge in [-0.1, -0.05) is 62.5 Å². The third kappa shape index (κ3) is 5.87. The first-order valence-corrected chi connectivity index (χ1v) is 16.9. The van der Waals surface area contributed by atoms with Crippen molar-refractivity contribution in [3.05, 3.63) is 53.5 Å². The predicted molar refractivity (Wildman–Crippen MR) is 112 cm³/mol. The molecule has 4 aliphatic carbocycles. The summed E-state index contributed by atoms with van der Waals surface area (Å²) in [6, 6.07) is 0. The Hall–Kier alpha value is 0.640. The fourth-order valence-electron chi connectivity index (χ4n) is 5.78. The molecule has 0 nitrogen and oxygen atoms in total. The van der Waals surface area contributed by atoms with Crippen LogP contribution in [0.2, 0.25) is 13.1 Å². The van der Waals surface area contributed by atoms with Crippen molar-refractivity contribution in [3.63, 3.8) is 0 Å². The van der Waals surface area contributed by atoms with Gasteiger partial charge in [0.05, 0.1) is 0 Å². The molecule has 4 aliphatic rings. The van der Waals surface area contributed by atoms with Crippen LogP contribution in [0, 0.1) is 36.0 Å². The van der Waals surface area contributed by atoms with Gasteiger partial charge in [-0.3, -0.25) is 0 Å². The Labute approximate surface area is 201 Å². The molecule has 2 fully saturated rings. The van der Waals surface area contributed by atoms with Crippen LogP contribution in [0.1, 0.15) is 52.4 Å². The van der Waals surface area contributed by atoms with Gasteiger partial charge in [0.2, 0.25) is 0 Å². The quantitative estimate of drug-likeness (QED) is 0.388. The first-order chi connectivity index (χ1) is 12.6. The molecule has 0 heterocycles. The third-order valence-electron chi connectivity index (χ3n) is 6.70. The maximum Gasteiger partial charge on any atom is -1.00 e. The van der Waals surface area contributed by atoms with Crippen molar-refractivity contribution in [2.75, 3.05) is 0 Å². The van der Waals surface area contributed by atoms with E-state index in [9.17, 15) is 0 Å². The van der Waals surface area contributed by atoms with Crippen molar-refractivity contribution < 1.29 is 48.1 Å². The molecule has 5 unspecified atom stereocenters. The molecule has 4 heteroatoms. The first-order valence-electron chi connectivity index (χ1n) is 10.7. The molecule has 0 bridgehead atoms. The molecule has 0 N–H and O–H groups in total. The Morgan fingerprint density at radius 3 is 2.39 bits per heavy atom. The van der Waals surface area contributed by atoms with Crippen molar-refractivity contribution >= 4 is 5.43 Å². The summed E-state index contributed by atoms with van der Waals surface area (Å²) in [5.41, 5.74) is 5.40. The number of hydrogen-bond donors (Lipinski definition) is 0. The van der Waals surface area contributed by atoms with E-state index in [2.05, 4.69) is 63.7 Å². The summed E-state index contributed by atoms with van der Waals surface area (Å²) in [5.74, 6) is 4.08. The first kappa shape index (κ1) is 26.7. The van der Waals surface area contributed by atoms with Gasteiger partial charge in [0.15, 0.2) is 0 Å². The van der Waals surface area contributed by atoms with Crippen molar-refractivity contribution in [2.45, 2.75) is 65.5 Å². The van der Waals surface area contributed by atoms with Crippen LogP contribution in [0.3, 0.4) is 0 Å². The largest absolute Gasteiger partial charge is 1.00 e. The molecule has 2 saturated carbocycles. The van der Waals surface area contributed by atoms with Gasteiger partial charge >= 0.3 is 41.9 Å². The number of halogens is 2. The molecule has 0 aromatic rings. The van der Waals surface area contributed by atoms with Crippen LogP contribution < -0.4 is 24.8 Å². The monoisotopic (exact) mass is 511 g/mol. The molecule has 28 heavy (non-hydrogen) atoms. The number of fused-ring (bicyclic) bond motifs is 3. The predicted octanol–water partition coefficient (Wildman–Crippen LogP) is 0.834. The number of hydrogen-bond acceptors (Lipinski definition) is 0. The van der Waals surface area contributed by atoms with E-state index in [1.807, 2.05) is 5.57 Å². The summed E-state index contributed by atoms with van der Waals surface area (Å²) in [6.07, 6.45) is 22.7. The Bertz CT molecular complexity index is 658. The fraction of sp³-hybridized carbons (Fsp3) is 0.625. The van der Waals surface area contributed by atoms with Gasteiger partial charge in [-0.05, 0) is 48.7 Å². The summed E-state index contributed by atoms with van der Waals surface area (Å²) < 4.78 is 0. The Morgan fingerprint density at radius 2 is 1.75 bits per heavy atom. The standard InChI is InChI=1S/C22H29.C2H6Si.2ClH.Zr/c1-3-15-12-13-21(17(15)4-2)20-11-7-10-19-18-9-6-5-8-16(18)14-22(19)20;1-3-2;;;/h5-6,8-9,12,14,16,18-20,22H,3-4,7,10-11,13H2,1-2H3;1-2H3;2*1H;/q-1;;;;+2/p-2. The molecule has 4 rings (SSSR count). The summed E-state index contributed by atoms with van der Waals surface area (Å²) >= 11 is 1.74. The van der Waals surface area contributed by atoms with Gasteiger partial charge in [-0.25, -0.2) is 0 Å². The molecule has 0 saturated heterocycles. The van der Waals surface area contributed by atoms with E-state index in [0.29, 0.717) is 5.92 Å². The minimum atomic E-state index is 0. The van der Waals surface area contributed by atoms with Gasteiger partial charge < -0.3 is 31.2 Å². The van der Waals surface area contributed by atoms with E-state index in [0.717, 1.165) is 23.7 Å². The molecule has 0 radical (unpaired) electrons. The van der Waals surface area contributed by atoms with Crippen molar-refractivity contribution in [1.82, 2.24) is 0 Å². The molecule has 0 spiro atoms. The Balaban J connectivity index is 0.000000601. The maximum atomic E-state index is 2.73. The van der Waals surface area contributed by atoms with Crippen LogP contribution in [-0.4, -0.2) is 5.43 Å². The Kier molecular flexibility index (Phi) is 11.9. The topological polar surface area (TPSA) is 0 Å². The average Bonchev–Trinajstić information content (AvgIpc) is 3.21. The normalized spacial score (nSPS) is 32.4. The summed E-state index contributed by atoms with van der Waals surface area (Å²) in [7, 11) is 0. The molecular weight excluding hydrogens is 478 g/mol. The average molecular weight is 514 g/mol. The summed E-state index contributed by atoms with van der Waals surface area (Å²) in [4.78, 5) is 0. The second-order valence-electron chi connectivity index (χ2n) is 8.54. The summed E-state index contributed by atoms with van der Waals surface area (Å²) in [6.45, 7) is 9.29. The van der Waals surface area contributed by atoms with Gasteiger partial charge in [0, 0.05) is 0 Å². The maximum absolute atomic E-state index is 2.73. The molecule has 0 amide bonds. The van der Waals surface area contributed by atoms with Gasteiger partial charge in [-0.2, -0.15) is 5.92 Å². The number of rotatable bonds is 3. The van der Waals surface area contributed by atoms with E-state index >= 15 is 0 Å². The minimum absolute atomic E-state index is 0. The van der Waals surface area contributed by atoms with Crippen molar-refractivity contribution in [2.24, 2.45) is 29.6 Å². The van der Waals surface area contributed by atoms with E-state index in [1.165, 1.54) is 38.5 Å². The van der Waals surface area contributed by atoms with Gasteiger partial charge in [0.1, 0.15) is 0 Å². The van der Waals surface area contributed by atoms with Crippen LogP contribution in [0.15, 0.2) is 47.1 Å². The fourth-order valence-corrected chi connectivity index (χ4v) is 5.78. The summed E-state index contributed by atoms with van der Waals surface area (Å²) in [5, 5.41) is 0. The Morgan fingerprint density at radius 1 is 1.07 bits per heavy atom. The van der Waals surface area contributed by atoms with Gasteiger partial charge in [-0.15, -0.1) is 12.0 Å². The van der Waals surface area contributed by atoms with Gasteiger partial charge in [0.25, 0.3) is 0 Å². The molecule has 0 aromatic heterocycles. The molecular formula is C24H35Cl2SiZr-. The smallest absolute Gasteiger partial charge is 1.00 e. The van der Waals surface area contributed by atoms with Crippen LogP contribution in [0.25, 0.3) is 0 Å². The van der Waals surface area contributed by atoms with Crippen molar-refractivity contribution in [3.8, 4) is 0 Å². The van der Waals surface area contributed by atoms with Crippen LogP contribution >= 0.6 is 0 Å². The zero-order chi connectivity index (χ0) is 18.7. The minimum Gasteiger partial charge on any atom is -1.00 e. The number of allylic oxidation sites excluding steroid dienone is 8. The second-order valence-corrected chi connectivity index (χ2v) is 17.9. The molecule has 154 valence electrons. The van der Waals surface area contributed by atoms with Crippen LogP contribution in [-0.2, 0) is 23.3 Å².